The van der Waals surface area contributed by atoms with Gasteiger partial charge in [-0.2, -0.15) is 0 Å². The fourth-order valence-electron chi connectivity index (χ4n) is 7.12. The second-order valence-electron chi connectivity index (χ2n) is 17.7. The molecule has 2 unspecified atom stereocenters. The van der Waals surface area contributed by atoms with Crippen LogP contribution in [-0.4, -0.2) is 82.1 Å². The van der Waals surface area contributed by atoms with Gasteiger partial charge in [0.2, 0.25) is 0 Å². The summed E-state index contributed by atoms with van der Waals surface area (Å²) in [6.45, 7) is 6.14. The van der Waals surface area contributed by atoms with Crippen LogP contribution in [0.3, 0.4) is 0 Å². The second-order valence-corrected chi connectivity index (χ2v) is 19.5. The third-order valence-corrected chi connectivity index (χ3v) is 12.1. The number of phosphoric acid groups is 1. The number of anilines is 1. The summed E-state index contributed by atoms with van der Waals surface area (Å²) in [6.07, 6.45) is 34.5. The van der Waals surface area contributed by atoms with Gasteiger partial charge in [0.15, 0.2) is 0 Å². The average Bonchev–Trinajstić information content (AvgIpc) is 3.17. The van der Waals surface area contributed by atoms with E-state index in [0.29, 0.717) is 34.9 Å². The largest absolute Gasteiger partial charge is 0.756 e. The monoisotopic (exact) mass is 858 g/mol. The first-order valence-corrected chi connectivity index (χ1v) is 25.6. The summed E-state index contributed by atoms with van der Waals surface area (Å²) in [5, 5.41) is 3.54. The average molecular weight is 859 g/mol. The molecule has 2 atom stereocenters. The van der Waals surface area contributed by atoms with Crippen LogP contribution in [0.5, 0.6) is 0 Å². The number of carbonyl (C=O) groups excluding carboxylic acids is 1. The van der Waals surface area contributed by atoms with E-state index < -0.39 is 13.9 Å². The molecule has 0 aliphatic heterocycles. The fraction of sp³-hybridized carbons (Fsp3) is 0.851. The molecule has 0 radical (unpaired) electrons. The molecule has 0 saturated heterocycles. The van der Waals surface area contributed by atoms with E-state index in [1.807, 2.05) is 21.1 Å². The van der Waals surface area contributed by atoms with Gasteiger partial charge in [0, 0.05) is 23.9 Å². The molecule has 9 nitrogen and oxygen atoms in total. The molecule has 1 aromatic rings. The maximum atomic E-state index is 13.7. The first-order valence-electron chi connectivity index (χ1n) is 23.8. The number of hydrogen-bond acceptors (Lipinski definition) is 6. The summed E-state index contributed by atoms with van der Waals surface area (Å²) >= 11 is 6.09. The van der Waals surface area contributed by atoms with Gasteiger partial charge in [-0.15, -0.1) is 0 Å². The van der Waals surface area contributed by atoms with Gasteiger partial charge in [0.1, 0.15) is 19.3 Å². The van der Waals surface area contributed by atoms with Crippen molar-refractivity contribution in [3.8, 4) is 0 Å². The van der Waals surface area contributed by atoms with Crippen LogP contribution in [0.2, 0.25) is 5.02 Å². The van der Waals surface area contributed by atoms with E-state index in [1.165, 1.54) is 148 Å². The number of benzene rings is 1. The van der Waals surface area contributed by atoms with E-state index in [1.54, 1.807) is 29.2 Å². The Morgan fingerprint density at radius 2 is 1.09 bits per heavy atom. The minimum Gasteiger partial charge on any atom is -0.756 e. The van der Waals surface area contributed by atoms with Crippen LogP contribution in [0.1, 0.15) is 194 Å². The van der Waals surface area contributed by atoms with Gasteiger partial charge in [-0.25, -0.2) is 4.79 Å². The molecule has 11 heteroatoms. The molecule has 0 heterocycles. The maximum Gasteiger partial charge on any atom is 0.321 e. The molecule has 2 amide bonds. The SMILES string of the molecule is CCCCCCCCCCCCCCCCOCC(CN(CCCCCCCCCCCCCCCC)C(=O)Nc1ccc(Cl)cc1)OP(=O)([O-])OCC[N+](C)(C)C. The number of quaternary nitrogens is 1. The van der Waals surface area contributed by atoms with Crippen molar-refractivity contribution in [3.05, 3.63) is 29.3 Å². The number of unbranched alkanes of at least 4 members (excludes halogenated alkanes) is 26. The van der Waals surface area contributed by atoms with Gasteiger partial charge in [-0.3, -0.25) is 4.57 Å². The van der Waals surface area contributed by atoms with Crippen LogP contribution < -0.4 is 10.2 Å². The fourth-order valence-corrected chi connectivity index (χ4v) is 8.11. The number of carbonyl (C=O) groups is 1. The summed E-state index contributed by atoms with van der Waals surface area (Å²) in [5.74, 6) is 0. The van der Waals surface area contributed by atoms with Crippen LogP contribution >= 0.6 is 19.4 Å². The lowest BCUT2D eigenvalue weighted by molar-refractivity contribution is -0.870. The lowest BCUT2D eigenvalue weighted by Crippen LogP contribution is -2.43. The van der Waals surface area contributed by atoms with Crippen molar-refractivity contribution in [2.45, 2.75) is 200 Å². The number of amides is 2. The van der Waals surface area contributed by atoms with E-state index >= 15 is 0 Å². The molecule has 1 rings (SSSR count). The van der Waals surface area contributed by atoms with Crippen molar-refractivity contribution < 1.29 is 32.5 Å². The molecule has 0 fully saturated rings. The van der Waals surface area contributed by atoms with E-state index in [2.05, 4.69) is 19.2 Å². The molecular weight excluding hydrogens is 769 g/mol. The number of hydrogen-bond donors (Lipinski definition) is 1. The van der Waals surface area contributed by atoms with E-state index in [-0.39, 0.29) is 25.8 Å². The standard InChI is InChI=1S/C47H89ClN3O6P/c1-6-8-10-12-14-16-18-20-22-24-26-28-30-32-38-50(47(52)49-45-36-34-44(48)35-37-45)42-46(57-58(53,54)56-41-39-51(3,4)5)43-55-40-33-31-29-27-25-23-21-19-17-15-13-11-9-7-2/h34-37,46H,6-33,38-43H2,1-5H3,(H-,49,52,53,54). The third kappa shape index (κ3) is 34.5. The summed E-state index contributed by atoms with van der Waals surface area (Å²) in [4.78, 5) is 28.4. The Balaban J connectivity index is 2.66. The van der Waals surface area contributed by atoms with Crippen molar-refractivity contribution in [1.29, 1.82) is 0 Å². The molecule has 0 aliphatic carbocycles. The zero-order valence-electron chi connectivity index (χ0n) is 38.1. The Kier molecular flexibility index (Phi) is 34.5. The molecule has 58 heavy (non-hydrogen) atoms. The van der Waals surface area contributed by atoms with Gasteiger partial charge in [-0.1, -0.05) is 192 Å². The van der Waals surface area contributed by atoms with Crippen molar-refractivity contribution in [2.24, 2.45) is 0 Å². The summed E-state index contributed by atoms with van der Waals surface area (Å²) in [5.41, 5.74) is 0.616. The molecule has 1 N–H and O–H groups in total. The Morgan fingerprint density at radius 1 is 0.672 bits per heavy atom. The molecule has 0 bridgehead atoms. The molecule has 0 aromatic heterocycles. The normalized spacial score (nSPS) is 13.4. The number of rotatable bonds is 41. The van der Waals surface area contributed by atoms with Crippen LogP contribution in [0, 0.1) is 0 Å². The summed E-state index contributed by atoms with van der Waals surface area (Å²) in [6, 6.07) is 6.66. The number of urea groups is 1. The highest BCUT2D eigenvalue weighted by atomic mass is 35.5. The zero-order valence-corrected chi connectivity index (χ0v) is 39.7. The number of nitrogens with zero attached hydrogens (tertiary/aromatic N) is 2. The van der Waals surface area contributed by atoms with Gasteiger partial charge < -0.3 is 33.4 Å². The Labute approximate surface area is 362 Å². The Morgan fingerprint density at radius 3 is 1.52 bits per heavy atom. The first kappa shape index (κ1) is 54.8. The number of ether oxygens (including phenoxy) is 1. The smallest absolute Gasteiger partial charge is 0.321 e. The molecule has 340 valence electrons. The van der Waals surface area contributed by atoms with Crippen molar-refractivity contribution in [1.82, 2.24) is 4.90 Å². The summed E-state index contributed by atoms with van der Waals surface area (Å²) in [7, 11) is 1.26. The minimum absolute atomic E-state index is 0.0106. The van der Waals surface area contributed by atoms with E-state index in [4.69, 9.17) is 25.4 Å². The van der Waals surface area contributed by atoms with Gasteiger partial charge in [-0.05, 0) is 37.1 Å². The van der Waals surface area contributed by atoms with Crippen LogP contribution in [-0.2, 0) is 18.3 Å². The van der Waals surface area contributed by atoms with Crippen molar-refractivity contribution in [3.63, 3.8) is 0 Å². The predicted octanol–water partition coefficient (Wildman–Crippen LogP) is 13.7. The molecule has 0 saturated carbocycles. The second kappa shape index (κ2) is 36.5. The number of halogens is 1. The number of phosphoric ester groups is 1. The quantitative estimate of drug-likeness (QED) is 0.0400. The highest BCUT2D eigenvalue weighted by molar-refractivity contribution is 7.45. The molecule has 0 spiro atoms. The number of likely N-dealkylation sites (N-methyl/N-ethyl adjacent to an activating group) is 1. The third-order valence-electron chi connectivity index (χ3n) is 10.8. The van der Waals surface area contributed by atoms with Gasteiger partial charge in [0.25, 0.3) is 7.82 Å². The van der Waals surface area contributed by atoms with Crippen LogP contribution in [0.25, 0.3) is 0 Å². The topological polar surface area (TPSA) is 100 Å². The Bertz CT molecular complexity index is 1140. The maximum absolute atomic E-state index is 13.7. The van der Waals surface area contributed by atoms with Crippen molar-refractivity contribution in [2.75, 3.05) is 65.9 Å². The molecule has 1 aromatic carbocycles. The van der Waals surface area contributed by atoms with Gasteiger partial charge >= 0.3 is 6.03 Å². The molecular formula is C47H89ClN3O6P. The minimum atomic E-state index is -4.66. The van der Waals surface area contributed by atoms with Gasteiger partial charge in [0.05, 0.1) is 34.3 Å². The van der Waals surface area contributed by atoms with Crippen molar-refractivity contribution >= 4 is 31.1 Å². The zero-order chi connectivity index (χ0) is 42.6. The predicted molar refractivity (Wildman–Crippen MR) is 245 cm³/mol. The van der Waals surface area contributed by atoms with Crippen LogP contribution in [0.15, 0.2) is 24.3 Å². The molecule has 0 aliphatic rings. The van der Waals surface area contributed by atoms with Crippen LogP contribution in [0.4, 0.5) is 10.5 Å². The number of nitrogens with one attached hydrogen (secondary N) is 1. The first-order chi connectivity index (χ1) is 28.0. The highest BCUT2D eigenvalue weighted by Gasteiger charge is 2.25. The van der Waals surface area contributed by atoms with E-state index in [0.717, 1.165) is 32.1 Å². The lowest BCUT2D eigenvalue weighted by Gasteiger charge is -2.33. The lowest BCUT2D eigenvalue weighted by atomic mass is 10.0. The Hall–Kier alpha value is -1.19. The van der Waals surface area contributed by atoms with E-state index in [9.17, 15) is 14.3 Å². The highest BCUT2D eigenvalue weighted by Crippen LogP contribution is 2.40. The summed E-state index contributed by atoms with van der Waals surface area (Å²) < 4.78 is 30.6.